The Morgan fingerprint density at radius 3 is 2.79 bits per heavy atom. The van der Waals surface area contributed by atoms with Gasteiger partial charge in [0, 0.05) is 36.5 Å². The van der Waals surface area contributed by atoms with E-state index in [1.807, 2.05) is 17.5 Å². The van der Waals surface area contributed by atoms with Crippen LogP contribution in [0.5, 0.6) is 0 Å². The summed E-state index contributed by atoms with van der Waals surface area (Å²) < 4.78 is 12.0. The predicted octanol–water partition coefficient (Wildman–Crippen LogP) is 3.62. The van der Waals surface area contributed by atoms with Gasteiger partial charge in [0.25, 0.3) is 5.91 Å². The minimum Gasteiger partial charge on any atom is -0.459 e. The van der Waals surface area contributed by atoms with E-state index in [0.717, 1.165) is 57.4 Å². The summed E-state index contributed by atoms with van der Waals surface area (Å²) in [6.45, 7) is 2.79. The maximum Gasteiger partial charge on any atom is 0.269 e. The van der Waals surface area contributed by atoms with Gasteiger partial charge in [-0.3, -0.25) is 9.59 Å². The third-order valence-electron chi connectivity index (χ3n) is 7.30. The molecule has 10 nitrogen and oxygen atoms in total. The van der Waals surface area contributed by atoms with Gasteiger partial charge in [-0.1, -0.05) is 6.42 Å². The SMILES string of the molecule is NC(=O)c1ncc(N[C@H]2CCCC[C@H]2[NH3+])cc1Nc1cc(-c2coc3c(=O)cc(N4CCOCC4)sc23)cs1. The normalized spacial score (nSPS) is 19.8. The molecule has 204 valence electrons. The molecule has 12 heteroatoms. The number of carbonyl (C=O) groups excluding carboxylic acids is 1. The summed E-state index contributed by atoms with van der Waals surface area (Å²) in [5, 5.41) is 10.6. The number of aromatic nitrogens is 1. The Labute approximate surface area is 233 Å². The lowest BCUT2D eigenvalue weighted by Gasteiger charge is -2.27. The largest absolute Gasteiger partial charge is 0.459 e. The van der Waals surface area contributed by atoms with Gasteiger partial charge in [-0.2, -0.15) is 0 Å². The number of fused-ring (bicyclic) bond motifs is 1. The van der Waals surface area contributed by atoms with E-state index in [9.17, 15) is 9.59 Å². The monoisotopic (exact) mass is 567 g/mol. The molecule has 1 aliphatic carbocycles. The van der Waals surface area contributed by atoms with Crippen molar-refractivity contribution in [1.29, 1.82) is 0 Å². The summed E-state index contributed by atoms with van der Waals surface area (Å²) in [4.78, 5) is 31.5. The van der Waals surface area contributed by atoms with Gasteiger partial charge in [0.1, 0.15) is 12.3 Å². The first-order valence-corrected chi connectivity index (χ1v) is 14.8. The van der Waals surface area contributed by atoms with Crippen LogP contribution in [-0.2, 0) is 4.74 Å². The van der Waals surface area contributed by atoms with Crippen molar-refractivity contribution >= 4 is 60.2 Å². The number of carbonyl (C=O) groups is 1. The number of ether oxygens (including phenoxy) is 1. The topological polar surface area (TPSA) is 150 Å². The molecule has 0 spiro atoms. The molecule has 0 bridgehead atoms. The third-order valence-corrected chi connectivity index (χ3v) is 9.34. The van der Waals surface area contributed by atoms with Crippen molar-refractivity contribution in [3.05, 3.63) is 52.0 Å². The molecule has 7 N–H and O–H groups in total. The number of pyridine rings is 1. The number of primary amides is 1. The molecule has 1 amide bonds. The van der Waals surface area contributed by atoms with Gasteiger partial charge in [-0.25, -0.2) is 4.98 Å². The molecule has 2 aliphatic rings. The summed E-state index contributed by atoms with van der Waals surface area (Å²) in [5.74, 6) is -0.602. The average molecular weight is 568 g/mol. The molecule has 2 fully saturated rings. The highest BCUT2D eigenvalue weighted by molar-refractivity contribution is 7.22. The van der Waals surface area contributed by atoms with E-state index in [2.05, 4.69) is 26.3 Å². The van der Waals surface area contributed by atoms with Crippen molar-refractivity contribution in [3.63, 3.8) is 0 Å². The van der Waals surface area contributed by atoms with Gasteiger partial charge >= 0.3 is 0 Å². The van der Waals surface area contributed by atoms with Crippen molar-refractivity contribution in [2.24, 2.45) is 5.73 Å². The third kappa shape index (κ3) is 5.37. The van der Waals surface area contributed by atoms with Crippen molar-refractivity contribution in [2.45, 2.75) is 37.8 Å². The Bertz CT molecular complexity index is 1560. The standard InChI is InChI=1S/C27H30N6O4S2/c28-18-3-1-2-4-19(18)31-16-10-20(24(27(29)35)30-12-16)32-22-9-15(14-38-22)17-13-37-25-21(34)11-23(39-26(17)25)33-5-7-36-8-6-33/h9-14,18-19,31-32H,1-8,28H2,(H2,29,35)/p+1/t18-,19+/m1/s1. The fourth-order valence-electron chi connectivity index (χ4n) is 5.19. The van der Waals surface area contributed by atoms with Gasteiger partial charge < -0.3 is 36.2 Å². The Morgan fingerprint density at radius 1 is 1.18 bits per heavy atom. The first-order chi connectivity index (χ1) is 19.0. The molecule has 1 saturated carbocycles. The van der Waals surface area contributed by atoms with Crippen LogP contribution in [0.2, 0.25) is 0 Å². The number of quaternary nitrogens is 1. The Hall–Kier alpha value is -3.45. The van der Waals surface area contributed by atoms with Crippen LogP contribution < -0.4 is 32.4 Å². The molecule has 4 aromatic heterocycles. The Kier molecular flexibility index (Phi) is 7.26. The second kappa shape index (κ2) is 11.0. The summed E-state index contributed by atoms with van der Waals surface area (Å²) in [5.41, 5.74) is 13.5. The zero-order valence-electron chi connectivity index (χ0n) is 21.4. The lowest BCUT2D eigenvalue weighted by atomic mass is 9.91. The van der Waals surface area contributed by atoms with E-state index in [-0.39, 0.29) is 17.2 Å². The van der Waals surface area contributed by atoms with E-state index in [4.69, 9.17) is 14.9 Å². The molecule has 5 heterocycles. The van der Waals surface area contributed by atoms with Crippen molar-refractivity contribution < 1.29 is 19.7 Å². The molecule has 39 heavy (non-hydrogen) atoms. The number of hydrogen-bond acceptors (Lipinski definition) is 10. The molecular formula is C27H31N6O4S2+. The smallest absolute Gasteiger partial charge is 0.269 e. The van der Waals surface area contributed by atoms with Crippen LogP contribution in [0.15, 0.2) is 45.3 Å². The van der Waals surface area contributed by atoms with Crippen molar-refractivity contribution in [2.75, 3.05) is 41.8 Å². The van der Waals surface area contributed by atoms with Gasteiger partial charge in [-0.15, -0.1) is 22.7 Å². The van der Waals surface area contributed by atoms with Crippen LogP contribution in [0.25, 0.3) is 21.4 Å². The van der Waals surface area contributed by atoms with Crippen LogP contribution >= 0.6 is 22.7 Å². The van der Waals surface area contributed by atoms with E-state index < -0.39 is 5.91 Å². The zero-order chi connectivity index (χ0) is 26.9. The quantitative estimate of drug-likeness (QED) is 0.264. The molecule has 6 rings (SSSR count). The maximum absolute atomic E-state index is 12.8. The number of anilines is 4. The number of nitrogens with one attached hydrogen (secondary N) is 2. The van der Waals surface area contributed by atoms with Gasteiger partial charge in [0.2, 0.25) is 5.43 Å². The fourth-order valence-corrected chi connectivity index (χ4v) is 7.21. The average Bonchev–Trinajstić information content (AvgIpc) is 3.58. The summed E-state index contributed by atoms with van der Waals surface area (Å²) in [7, 11) is 0. The minimum absolute atomic E-state index is 0.131. The molecule has 1 saturated heterocycles. The number of rotatable bonds is 7. The van der Waals surface area contributed by atoms with Crippen LogP contribution in [0.4, 0.5) is 21.4 Å². The lowest BCUT2D eigenvalue weighted by molar-refractivity contribution is -0.427. The number of morpholine rings is 1. The van der Waals surface area contributed by atoms with Crippen LogP contribution in [-0.4, -0.2) is 49.3 Å². The molecular weight excluding hydrogens is 536 g/mol. The summed E-state index contributed by atoms with van der Waals surface area (Å²) in [6.07, 6.45) is 7.82. The van der Waals surface area contributed by atoms with E-state index in [1.54, 1.807) is 29.9 Å². The number of nitrogens with two attached hydrogens (primary N) is 1. The lowest BCUT2D eigenvalue weighted by Crippen LogP contribution is -2.68. The molecule has 0 aromatic carbocycles. The highest BCUT2D eigenvalue weighted by atomic mass is 32.1. The van der Waals surface area contributed by atoms with E-state index in [0.29, 0.717) is 30.5 Å². The van der Waals surface area contributed by atoms with Crippen LogP contribution in [0.1, 0.15) is 36.2 Å². The van der Waals surface area contributed by atoms with Crippen LogP contribution in [0.3, 0.4) is 0 Å². The predicted molar refractivity (Wildman–Crippen MR) is 155 cm³/mol. The summed E-state index contributed by atoms with van der Waals surface area (Å²) >= 11 is 3.04. The molecule has 2 atom stereocenters. The first-order valence-electron chi connectivity index (χ1n) is 13.1. The van der Waals surface area contributed by atoms with Gasteiger partial charge in [0.15, 0.2) is 11.3 Å². The first kappa shape index (κ1) is 25.8. The highest BCUT2D eigenvalue weighted by Gasteiger charge is 2.25. The summed E-state index contributed by atoms with van der Waals surface area (Å²) in [6, 6.07) is 6.10. The minimum atomic E-state index is -0.602. The number of nitrogens with zero attached hydrogens (tertiary/aromatic N) is 2. The molecule has 0 unspecified atom stereocenters. The molecule has 0 radical (unpaired) electrons. The van der Waals surface area contributed by atoms with Crippen molar-refractivity contribution in [3.8, 4) is 11.1 Å². The van der Waals surface area contributed by atoms with Crippen LogP contribution in [0, 0.1) is 0 Å². The fraction of sp³-hybridized carbons (Fsp3) is 0.370. The number of hydrogen-bond donors (Lipinski definition) is 4. The number of thiophene rings is 1. The maximum atomic E-state index is 12.8. The Morgan fingerprint density at radius 2 is 2.00 bits per heavy atom. The van der Waals surface area contributed by atoms with E-state index >= 15 is 0 Å². The van der Waals surface area contributed by atoms with Gasteiger partial charge in [0.05, 0.1) is 51.5 Å². The second-order valence-corrected chi connectivity index (χ2v) is 11.9. The highest BCUT2D eigenvalue weighted by Crippen LogP contribution is 2.39. The zero-order valence-corrected chi connectivity index (χ0v) is 23.0. The number of amides is 1. The van der Waals surface area contributed by atoms with Crippen molar-refractivity contribution in [1.82, 2.24) is 4.98 Å². The molecule has 1 aliphatic heterocycles. The molecule has 4 aromatic rings. The van der Waals surface area contributed by atoms with E-state index in [1.165, 1.54) is 24.2 Å². The second-order valence-electron chi connectivity index (χ2n) is 9.96. The van der Waals surface area contributed by atoms with Gasteiger partial charge in [-0.05, 0) is 30.5 Å². The number of furan rings is 1. The Balaban J connectivity index is 1.28.